The van der Waals surface area contributed by atoms with E-state index in [4.69, 9.17) is 5.11 Å². The second-order valence-corrected chi connectivity index (χ2v) is 4.45. The van der Waals surface area contributed by atoms with E-state index in [2.05, 4.69) is 10.6 Å². The van der Waals surface area contributed by atoms with Crippen LogP contribution in [0, 0.1) is 0 Å². The first-order valence-corrected chi connectivity index (χ1v) is 5.97. The number of carboxylic acid groups (broad SMARTS) is 1. The van der Waals surface area contributed by atoms with E-state index >= 15 is 0 Å². The lowest BCUT2D eigenvalue weighted by atomic mass is 9.96. The monoisotopic (exact) mass is 248 g/mol. The SMILES string of the molecule is CCNC(=O)Nc1ccc(C2(C(=O)O)CC2)cc1. The Morgan fingerprint density at radius 1 is 1.28 bits per heavy atom. The molecule has 18 heavy (non-hydrogen) atoms. The molecule has 0 aromatic heterocycles. The molecule has 1 aromatic carbocycles. The van der Waals surface area contributed by atoms with Crippen molar-refractivity contribution >= 4 is 17.7 Å². The van der Waals surface area contributed by atoms with E-state index in [0.29, 0.717) is 25.1 Å². The van der Waals surface area contributed by atoms with Crippen LogP contribution in [0.3, 0.4) is 0 Å². The van der Waals surface area contributed by atoms with Crippen LogP contribution < -0.4 is 10.6 Å². The van der Waals surface area contributed by atoms with Gasteiger partial charge in [0.2, 0.25) is 0 Å². The summed E-state index contributed by atoms with van der Waals surface area (Å²) < 4.78 is 0. The molecule has 0 radical (unpaired) electrons. The summed E-state index contributed by atoms with van der Waals surface area (Å²) in [6, 6.07) is 6.73. The molecule has 1 saturated carbocycles. The van der Waals surface area contributed by atoms with Gasteiger partial charge >= 0.3 is 12.0 Å². The molecule has 3 N–H and O–H groups in total. The summed E-state index contributed by atoms with van der Waals surface area (Å²) in [5.41, 5.74) is 0.770. The van der Waals surface area contributed by atoms with Crippen molar-refractivity contribution in [1.82, 2.24) is 5.32 Å². The van der Waals surface area contributed by atoms with Crippen molar-refractivity contribution < 1.29 is 14.7 Å². The van der Waals surface area contributed by atoms with Crippen LogP contribution in [0.15, 0.2) is 24.3 Å². The number of amides is 2. The molecule has 0 atom stereocenters. The number of benzene rings is 1. The first-order valence-electron chi connectivity index (χ1n) is 5.97. The number of aliphatic carboxylic acids is 1. The van der Waals surface area contributed by atoms with Gasteiger partial charge in [-0.3, -0.25) is 4.79 Å². The average Bonchev–Trinajstić information content (AvgIpc) is 3.11. The highest BCUT2D eigenvalue weighted by atomic mass is 16.4. The third-order valence-corrected chi connectivity index (χ3v) is 3.19. The number of hydrogen-bond acceptors (Lipinski definition) is 2. The highest BCUT2D eigenvalue weighted by molar-refractivity contribution is 5.89. The van der Waals surface area contributed by atoms with Gasteiger partial charge in [0.1, 0.15) is 0 Å². The molecule has 1 aromatic rings. The fraction of sp³-hybridized carbons (Fsp3) is 0.385. The third-order valence-electron chi connectivity index (χ3n) is 3.19. The van der Waals surface area contributed by atoms with Crippen LogP contribution in [0.4, 0.5) is 10.5 Å². The molecule has 1 aliphatic rings. The zero-order valence-corrected chi connectivity index (χ0v) is 10.2. The molecule has 5 heteroatoms. The van der Waals surface area contributed by atoms with Gasteiger partial charge in [-0.25, -0.2) is 4.79 Å². The largest absolute Gasteiger partial charge is 0.481 e. The first kappa shape index (κ1) is 12.4. The number of carbonyl (C=O) groups excluding carboxylic acids is 1. The van der Waals surface area contributed by atoms with Crippen molar-refractivity contribution in [2.24, 2.45) is 0 Å². The number of carbonyl (C=O) groups is 2. The Kier molecular flexibility index (Phi) is 3.23. The molecule has 1 fully saturated rings. The second-order valence-electron chi connectivity index (χ2n) is 4.45. The highest BCUT2D eigenvalue weighted by Crippen LogP contribution is 2.48. The number of hydrogen-bond donors (Lipinski definition) is 3. The van der Waals surface area contributed by atoms with Crippen molar-refractivity contribution in [3.63, 3.8) is 0 Å². The average molecular weight is 248 g/mol. The van der Waals surface area contributed by atoms with E-state index in [-0.39, 0.29) is 6.03 Å². The first-order chi connectivity index (χ1) is 8.58. The molecule has 0 aliphatic heterocycles. The van der Waals surface area contributed by atoms with Crippen LogP contribution in [-0.4, -0.2) is 23.7 Å². The third kappa shape index (κ3) is 2.30. The maximum atomic E-state index is 11.3. The Morgan fingerprint density at radius 2 is 1.89 bits per heavy atom. The smallest absolute Gasteiger partial charge is 0.319 e. The zero-order chi connectivity index (χ0) is 13.2. The summed E-state index contributed by atoms with van der Waals surface area (Å²) in [6.45, 7) is 2.40. The van der Waals surface area contributed by atoms with Gasteiger partial charge < -0.3 is 15.7 Å². The number of rotatable bonds is 4. The molecular weight excluding hydrogens is 232 g/mol. The van der Waals surface area contributed by atoms with Crippen molar-refractivity contribution in [3.05, 3.63) is 29.8 Å². The van der Waals surface area contributed by atoms with E-state index in [1.807, 2.05) is 6.92 Å². The van der Waals surface area contributed by atoms with Crippen molar-refractivity contribution in [2.75, 3.05) is 11.9 Å². The lowest BCUT2D eigenvalue weighted by molar-refractivity contribution is -0.140. The lowest BCUT2D eigenvalue weighted by Gasteiger charge is -2.11. The Hall–Kier alpha value is -2.04. The van der Waals surface area contributed by atoms with E-state index < -0.39 is 11.4 Å². The van der Waals surface area contributed by atoms with Gasteiger partial charge in [0.05, 0.1) is 5.41 Å². The lowest BCUT2D eigenvalue weighted by Crippen LogP contribution is -2.28. The molecule has 1 aliphatic carbocycles. The molecule has 2 amide bonds. The van der Waals surface area contributed by atoms with Crippen LogP contribution in [0.1, 0.15) is 25.3 Å². The molecule has 96 valence electrons. The Labute approximate surface area is 105 Å². The van der Waals surface area contributed by atoms with Crippen LogP contribution in [0.5, 0.6) is 0 Å². The van der Waals surface area contributed by atoms with E-state index in [1.165, 1.54) is 0 Å². The normalized spacial score (nSPS) is 15.8. The summed E-state index contributed by atoms with van der Waals surface area (Å²) in [5, 5.41) is 14.5. The Morgan fingerprint density at radius 3 is 2.33 bits per heavy atom. The summed E-state index contributed by atoms with van der Waals surface area (Å²) in [4.78, 5) is 22.5. The van der Waals surface area contributed by atoms with Crippen LogP contribution >= 0.6 is 0 Å². The summed E-state index contributed by atoms with van der Waals surface area (Å²) in [5.74, 6) is -0.771. The van der Waals surface area contributed by atoms with Crippen LogP contribution in [-0.2, 0) is 10.2 Å². The minimum atomic E-state index is -0.771. The fourth-order valence-electron chi connectivity index (χ4n) is 1.96. The zero-order valence-electron chi connectivity index (χ0n) is 10.2. The topological polar surface area (TPSA) is 78.4 Å². The van der Waals surface area contributed by atoms with Gasteiger partial charge in [0.15, 0.2) is 0 Å². The van der Waals surface area contributed by atoms with Gasteiger partial charge in [-0.2, -0.15) is 0 Å². The standard InChI is InChI=1S/C13H16N2O3/c1-2-14-12(18)15-10-5-3-9(4-6-10)13(7-8-13)11(16)17/h3-6H,2,7-8H2,1H3,(H,16,17)(H2,14,15,18). The predicted octanol–water partition coefficient (Wildman–Crippen LogP) is 1.94. The van der Waals surface area contributed by atoms with Crippen LogP contribution in [0.25, 0.3) is 0 Å². The number of carboxylic acids is 1. The second kappa shape index (κ2) is 4.68. The van der Waals surface area contributed by atoms with Gasteiger partial charge in [-0.05, 0) is 37.5 Å². The molecule has 0 spiro atoms. The van der Waals surface area contributed by atoms with E-state index in [1.54, 1.807) is 24.3 Å². The van der Waals surface area contributed by atoms with Gasteiger partial charge in [-0.1, -0.05) is 12.1 Å². The quantitative estimate of drug-likeness (QED) is 0.762. The Balaban J connectivity index is 2.07. The summed E-state index contributed by atoms with van der Waals surface area (Å²) in [7, 11) is 0. The number of nitrogens with one attached hydrogen (secondary N) is 2. The Bertz CT molecular complexity index is 464. The molecule has 0 unspecified atom stereocenters. The minimum absolute atomic E-state index is 0.260. The van der Waals surface area contributed by atoms with Crippen molar-refractivity contribution in [1.29, 1.82) is 0 Å². The van der Waals surface area contributed by atoms with Gasteiger partial charge in [0.25, 0.3) is 0 Å². The van der Waals surface area contributed by atoms with Gasteiger partial charge in [-0.15, -0.1) is 0 Å². The van der Waals surface area contributed by atoms with Crippen LogP contribution in [0.2, 0.25) is 0 Å². The van der Waals surface area contributed by atoms with Gasteiger partial charge in [0, 0.05) is 12.2 Å². The summed E-state index contributed by atoms with van der Waals surface area (Å²) >= 11 is 0. The molecule has 2 rings (SSSR count). The molecule has 0 bridgehead atoms. The minimum Gasteiger partial charge on any atom is -0.481 e. The van der Waals surface area contributed by atoms with E-state index in [9.17, 15) is 9.59 Å². The predicted molar refractivity (Wildman–Crippen MR) is 67.7 cm³/mol. The maximum absolute atomic E-state index is 11.3. The van der Waals surface area contributed by atoms with Crippen molar-refractivity contribution in [3.8, 4) is 0 Å². The highest BCUT2D eigenvalue weighted by Gasteiger charge is 2.51. The number of urea groups is 1. The fourth-order valence-corrected chi connectivity index (χ4v) is 1.96. The van der Waals surface area contributed by atoms with Crippen molar-refractivity contribution in [2.45, 2.75) is 25.2 Å². The van der Waals surface area contributed by atoms with E-state index in [0.717, 1.165) is 5.56 Å². The number of anilines is 1. The molecular formula is C13H16N2O3. The molecule has 0 heterocycles. The maximum Gasteiger partial charge on any atom is 0.319 e. The molecule has 5 nitrogen and oxygen atoms in total. The summed E-state index contributed by atoms with van der Waals surface area (Å²) in [6.07, 6.45) is 1.37. The molecule has 0 saturated heterocycles.